The lowest BCUT2D eigenvalue weighted by Crippen LogP contribution is -2.46. The van der Waals surface area contributed by atoms with Crippen molar-refractivity contribution in [2.24, 2.45) is 5.41 Å². The number of para-hydroxylation sites is 1. The Kier molecular flexibility index (Phi) is 5.08. The summed E-state index contributed by atoms with van der Waals surface area (Å²) in [5, 5.41) is 0. The number of rotatable bonds is 4. The Balaban J connectivity index is 1.41. The molecule has 1 saturated heterocycles. The van der Waals surface area contributed by atoms with E-state index in [1.165, 1.54) is 36.9 Å². The Morgan fingerprint density at radius 3 is 2.42 bits per heavy atom. The molecule has 1 aliphatic heterocycles. The van der Waals surface area contributed by atoms with E-state index >= 15 is 0 Å². The second-order valence-corrected chi connectivity index (χ2v) is 8.89. The number of hydrogen-bond donors (Lipinski definition) is 0. The highest BCUT2D eigenvalue weighted by Gasteiger charge is 2.30. The molecule has 1 saturated carbocycles. The molecule has 3 nitrogen and oxygen atoms in total. The van der Waals surface area contributed by atoms with Gasteiger partial charge in [-0.05, 0) is 54.7 Å². The Labute approximate surface area is 158 Å². The van der Waals surface area contributed by atoms with E-state index in [1.807, 2.05) is 6.26 Å². The Morgan fingerprint density at radius 1 is 1.00 bits per heavy atom. The smallest absolute Gasteiger partial charge is 0.0947 e. The van der Waals surface area contributed by atoms with Crippen LogP contribution in [0.15, 0.2) is 47.3 Å². The molecule has 0 unspecified atom stereocenters. The van der Waals surface area contributed by atoms with Crippen LogP contribution in [0.3, 0.4) is 0 Å². The van der Waals surface area contributed by atoms with E-state index < -0.39 is 0 Å². The number of benzene rings is 1. The van der Waals surface area contributed by atoms with E-state index in [4.69, 9.17) is 4.42 Å². The lowest BCUT2D eigenvalue weighted by Gasteiger charge is -2.39. The third-order valence-electron chi connectivity index (χ3n) is 6.41. The average molecular weight is 353 g/mol. The van der Waals surface area contributed by atoms with Crippen molar-refractivity contribution in [3.05, 3.63) is 54.0 Å². The van der Waals surface area contributed by atoms with Gasteiger partial charge in [0.2, 0.25) is 0 Å². The normalized spacial score (nSPS) is 21.8. The molecule has 4 rings (SSSR count). The quantitative estimate of drug-likeness (QED) is 0.746. The second-order valence-electron chi connectivity index (χ2n) is 8.89. The number of anilines is 1. The van der Waals surface area contributed by atoms with Gasteiger partial charge in [-0.2, -0.15) is 0 Å². The molecule has 2 heterocycles. The topological polar surface area (TPSA) is 19.6 Å². The summed E-state index contributed by atoms with van der Waals surface area (Å²) in [5.41, 5.74) is 4.89. The summed E-state index contributed by atoms with van der Waals surface area (Å²) in [7, 11) is 0. The molecule has 140 valence electrons. The van der Waals surface area contributed by atoms with Crippen LogP contribution in [-0.4, -0.2) is 31.1 Å². The average Bonchev–Trinajstić information content (AvgIpc) is 3.16. The van der Waals surface area contributed by atoms with Crippen molar-refractivity contribution in [2.75, 3.05) is 31.1 Å². The van der Waals surface area contributed by atoms with Gasteiger partial charge in [-0.25, -0.2) is 0 Å². The highest BCUT2D eigenvalue weighted by atomic mass is 16.3. The SMILES string of the molecule is CC1(C)CCC(c2ccccc2N2CCN(Cc3ccoc3)CC2)CC1. The molecular weight excluding hydrogens is 320 g/mol. The van der Waals surface area contributed by atoms with E-state index in [1.54, 1.807) is 11.8 Å². The summed E-state index contributed by atoms with van der Waals surface area (Å²) in [6, 6.07) is 11.3. The molecule has 1 aromatic heterocycles. The maximum absolute atomic E-state index is 5.21. The summed E-state index contributed by atoms with van der Waals surface area (Å²) in [5.74, 6) is 0.739. The van der Waals surface area contributed by atoms with Crippen molar-refractivity contribution in [1.82, 2.24) is 4.90 Å². The zero-order valence-electron chi connectivity index (χ0n) is 16.3. The first-order chi connectivity index (χ1) is 12.6. The van der Waals surface area contributed by atoms with Crippen LogP contribution >= 0.6 is 0 Å². The zero-order chi connectivity index (χ0) is 18.0. The molecule has 0 atom stereocenters. The molecule has 0 spiro atoms. The molecule has 0 bridgehead atoms. The van der Waals surface area contributed by atoms with Gasteiger partial charge in [0.15, 0.2) is 0 Å². The summed E-state index contributed by atoms with van der Waals surface area (Å²) >= 11 is 0. The van der Waals surface area contributed by atoms with Gasteiger partial charge in [-0.3, -0.25) is 4.90 Å². The first-order valence-electron chi connectivity index (χ1n) is 10.2. The molecule has 1 aromatic carbocycles. The Bertz CT molecular complexity index is 689. The van der Waals surface area contributed by atoms with Gasteiger partial charge < -0.3 is 9.32 Å². The predicted molar refractivity (Wildman–Crippen MR) is 108 cm³/mol. The Hall–Kier alpha value is -1.74. The third kappa shape index (κ3) is 3.98. The van der Waals surface area contributed by atoms with Crippen LogP contribution in [0.2, 0.25) is 0 Å². The van der Waals surface area contributed by atoms with Gasteiger partial charge in [0, 0.05) is 44.0 Å². The minimum absolute atomic E-state index is 0.532. The highest BCUT2D eigenvalue weighted by molar-refractivity contribution is 5.55. The number of nitrogens with zero attached hydrogens (tertiary/aromatic N) is 2. The van der Waals surface area contributed by atoms with E-state index in [9.17, 15) is 0 Å². The van der Waals surface area contributed by atoms with E-state index in [0.717, 1.165) is 38.6 Å². The van der Waals surface area contributed by atoms with Crippen LogP contribution in [0.1, 0.15) is 56.6 Å². The largest absolute Gasteiger partial charge is 0.472 e. The second kappa shape index (κ2) is 7.48. The summed E-state index contributed by atoms with van der Waals surface area (Å²) in [6.45, 7) is 10.3. The minimum Gasteiger partial charge on any atom is -0.472 e. The van der Waals surface area contributed by atoms with Crippen LogP contribution in [0.5, 0.6) is 0 Å². The summed E-state index contributed by atoms with van der Waals surface area (Å²) < 4.78 is 5.21. The summed E-state index contributed by atoms with van der Waals surface area (Å²) in [4.78, 5) is 5.15. The molecule has 1 aliphatic carbocycles. The van der Waals surface area contributed by atoms with E-state index in [-0.39, 0.29) is 0 Å². The Morgan fingerprint density at radius 2 is 1.73 bits per heavy atom. The molecule has 0 N–H and O–H groups in total. The van der Waals surface area contributed by atoms with Gasteiger partial charge >= 0.3 is 0 Å². The van der Waals surface area contributed by atoms with Gasteiger partial charge in [0.25, 0.3) is 0 Å². The number of hydrogen-bond acceptors (Lipinski definition) is 3. The van der Waals surface area contributed by atoms with E-state index in [0.29, 0.717) is 5.41 Å². The molecule has 2 aliphatic rings. The first-order valence-corrected chi connectivity index (χ1v) is 10.2. The highest BCUT2D eigenvalue weighted by Crippen LogP contribution is 2.44. The van der Waals surface area contributed by atoms with Crippen molar-refractivity contribution in [2.45, 2.75) is 52.0 Å². The standard InChI is InChI=1S/C23H32N2O/c1-23(2)10-7-20(8-11-23)21-5-3-4-6-22(21)25-14-12-24(13-15-25)17-19-9-16-26-18-19/h3-6,9,16,18,20H,7-8,10-15,17H2,1-2H3. The van der Waals surface area contributed by atoms with Crippen LogP contribution in [0, 0.1) is 5.41 Å². The maximum atomic E-state index is 5.21. The fourth-order valence-corrected chi connectivity index (χ4v) is 4.62. The van der Waals surface area contributed by atoms with Crippen LogP contribution in [0.25, 0.3) is 0 Å². The molecule has 0 radical (unpaired) electrons. The molecule has 26 heavy (non-hydrogen) atoms. The lowest BCUT2D eigenvalue weighted by molar-refractivity contribution is 0.224. The van der Waals surface area contributed by atoms with Gasteiger partial charge in [-0.15, -0.1) is 0 Å². The zero-order valence-corrected chi connectivity index (χ0v) is 16.3. The predicted octanol–water partition coefficient (Wildman–Crippen LogP) is 5.29. The maximum Gasteiger partial charge on any atom is 0.0947 e. The molecule has 0 amide bonds. The van der Waals surface area contributed by atoms with Crippen molar-refractivity contribution < 1.29 is 4.42 Å². The van der Waals surface area contributed by atoms with Crippen LogP contribution < -0.4 is 4.90 Å². The van der Waals surface area contributed by atoms with Crippen molar-refractivity contribution in [1.29, 1.82) is 0 Å². The molecule has 2 fully saturated rings. The lowest BCUT2D eigenvalue weighted by atomic mass is 9.71. The minimum atomic E-state index is 0.532. The van der Waals surface area contributed by atoms with Crippen molar-refractivity contribution >= 4 is 5.69 Å². The third-order valence-corrected chi connectivity index (χ3v) is 6.41. The van der Waals surface area contributed by atoms with Gasteiger partial charge in [0.1, 0.15) is 0 Å². The fourth-order valence-electron chi connectivity index (χ4n) is 4.62. The molecule has 3 heteroatoms. The van der Waals surface area contributed by atoms with E-state index in [2.05, 4.69) is 54.0 Å². The monoisotopic (exact) mass is 352 g/mol. The number of piperazine rings is 1. The van der Waals surface area contributed by atoms with Crippen LogP contribution in [-0.2, 0) is 6.54 Å². The summed E-state index contributed by atoms with van der Waals surface area (Å²) in [6.07, 6.45) is 9.02. The molecular formula is C23H32N2O. The van der Waals surface area contributed by atoms with Crippen molar-refractivity contribution in [3.63, 3.8) is 0 Å². The fraction of sp³-hybridized carbons (Fsp3) is 0.565. The number of furan rings is 1. The molecule has 2 aromatic rings. The van der Waals surface area contributed by atoms with Crippen LogP contribution in [0.4, 0.5) is 5.69 Å². The van der Waals surface area contributed by atoms with Gasteiger partial charge in [-0.1, -0.05) is 32.0 Å². The van der Waals surface area contributed by atoms with Crippen molar-refractivity contribution in [3.8, 4) is 0 Å². The first kappa shape index (κ1) is 17.7. The van der Waals surface area contributed by atoms with Gasteiger partial charge in [0.05, 0.1) is 12.5 Å².